The van der Waals surface area contributed by atoms with Gasteiger partial charge in [0.25, 0.3) is 5.91 Å². The van der Waals surface area contributed by atoms with Gasteiger partial charge in [0, 0.05) is 19.1 Å². The highest BCUT2D eigenvalue weighted by molar-refractivity contribution is 7.12. The van der Waals surface area contributed by atoms with E-state index in [2.05, 4.69) is 15.4 Å². The molecule has 0 aromatic carbocycles. The Hall–Kier alpha value is -1.21. The van der Waals surface area contributed by atoms with Crippen LogP contribution in [0.1, 0.15) is 48.2 Å². The van der Waals surface area contributed by atoms with E-state index in [0.717, 1.165) is 11.3 Å². The minimum Gasteiger partial charge on any atom is -0.433 e. The summed E-state index contributed by atoms with van der Waals surface area (Å²) in [6.07, 6.45) is 7.50. The number of carbonyl (C=O) groups excluding carboxylic acids is 1. The number of amides is 1. The van der Waals surface area contributed by atoms with E-state index in [0.29, 0.717) is 19.1 Å². The molecular weight excluding hydrogens is 310 g/mol. The third kappa shape index (κ3) is 5.53. The van der Waals surface area contributed by atoms with Gasteiger partial charge in [0.2, 0.25) is 0 Å². The van der Waals surface area contributed by atoms with Crippen molar-refractivity contribution in [1.29, 1.82) is 0 Å². The van der Waals surface area contributed by atoms with Crippen molar-refractivity contribution in [1.82, 2.24) is 10.6 Å². The molecular formula is C15H22F2N2O2S. The Bertz CT molecular complexity index is 460. The summed E-state index contributed by atoms with van der Waals surface area (Å²) < 4.78 is 28.8. The van der Waals surface area contributed by atoms with E-state index in [4.69, 9.17) is 0 Å². The van der Waals surface area contributed by atoms with Crippen molar-refractivity contribution in [3.63, 3.8) is 0 Å². The van der Waals surface area contributed by atoms with E-state index in [-0.39, 0.29) is 16.5 Å². The number of hydrogen-bond donors (Lipinski definition) is 2. The minimum atomic E-state index is -2.92. The lowest BCUT2D eigenvalue weighted by atomic mass is 10.1. The van der Waals surface area contributed by atoms with Crippen LogP contribution in [0, 0.1) is 0 Å². The van der Waals surface area contributed by atoms with Crippen LogP contribution in [0.25, 0.3) is 0 Å². The summed E-state index contributed by atoms with van der Waals surface area (Å²) in [5.41, 5.74) is 0. The third-order valence-electron chi connectivity index (χ3n) is 3.75. The van der Waals surface area contributed by atoms with Crippen LogP contribution in [-0.2, 0) is 0 Å². The molecule has 0 radical (unpaired) electrons. The fraction of sp³-hybridized carbons (Fsp3) is 0.667. The first-order valence-corrected chi connectivity index (χ1v) is 8.58. The monoisotopic (exact) mass is 332 g/mol. The smallest absolute Gasteiger partial charge is 0.387 e. The Morgan fingerprint density at radius 2 is 2.00 bits per heavy atom. The van der Waals surface area contributed by atoms with Gasteiger partial charge in [-0.1, -0.05) is 25.7 Å². The quantitative estimate of drug-likeness (QED) is 0.594. The van der Waals surface area contributed by atoms with Crippen molar-refractivity contribution in [2.75, 3.05) is 13.1 Å². The van der Waals surface area contributed by atoms with Crippen LogP contribution in [-0.4, -0.2) is 31.7 Å². The lowest BCUT2D eigenvalue weighted by Crippen LogP contribution is -2.36. The highest BCUT2D eigenvalue weighted by atomic mass is 32.1. The highest BCUT2D eigenvalue weighted by Gasteiger charge is 2.17. The number of alkyl halides is 2. The van der Waals surface area contributed by atoms with Gasteiger partial charge in [0.05, 0.1) is 0 Å². The van der Waals surface area contributed by atoms with Gasteiger partial charge < -0.3 is 15.4 Å². The fourth-order valence-corrected chi connectivity index (χ4v) is 3.41. The molecule has 1 saturated carbocycles. The summed E-state index contributed by atoms with van der Waals surface area (Å²) in [6, 6.07) is 1.91. The molecule has 1 aliphatic carbocycles. The van der Waals surface area contributed by atoms with Gasteiger partial charge in [-0.15, -0.1) is 11.3 Å². The van der Waals surface area contributed by atoms with Gasteiger partial charge in [-0.3, -0.25) is 4.79 Å². The Labute approximate surface area is 133 Å². The molecule has 4 nitrogen and oxygen atoms in total. The SMILES string of the molecule is O=C(NCCNC1CCCCCC1)c1sccc1OC(F)F. The summed E-state index contributed by atoms with van der Waals surface area (Å²) in [5, 5.41) is 7.75. The molecule has 0 atom stereocenters. The zero-order valence-electron chi connectivity index (χ0n) is 12.4. The summed E-state index contributed by atoms with van der Waals surface area (Å²) in [6.45, 7) is -1.76. The third-order valence-corrected chi connectivity index (χ3v) is 4.64. The van der Waals surface area contributed by atoms with Gasteiger partial charge in [-0.25, -0.2) is 0 Å². The summed E-state index contributed by atoms with van der Waals surface area (Å²) in [5.74, 6) is -0.428. The van der Waals surface area contributed by atoms with Crippen molar-refractivity contribution in [2.24, 2.45) is 0 Å². The molecule has 0 saturated heterocycles. The Kier molecular flexibility index (Phi) is 7.05. The van der Waals surface area contributed by atoms with Gasteiger partial charge in [-0.05, 0) is 24.3 Å². The van der Waals surface area contributed by atoms with E-state index in [1.165, 1.54) is 44.6 Å². The van der Waals surface area contributed by atoms with Crippen molar-refractivity contribution in [3.05, 3.63) is 16.3 Å². The zero-order valence-corrected chi connectivity index (χ0v) is 13.3. The number of carbonyl (C=O) groups is 1. The number of hydrogen-bond acceptors (Lipinski definition) is 4. The molecule has 22 heavy (non-hydrogen) atoms. The Balaban J connectivity index is 1.70. The molecule has 0 spiro atoms. The van der Waals surface area contributed by atoms with E-state index in [1.807, 2.05) is 0 Å². The topological polar surface area (TPSA) is 50.4 Å². The molecule has 1 heterocycles. The lowest BCUT2D eigenvalue weighted by Gasteiger charge is -2.16. The van der Waals surface area contributed by atoms with Crippen LogP contribution in [0.5, 0.6) is 5.75 Å². The molecule has 124 valence electrons. The molecule has 2 rings (SSSR count). The van der Waals surface area contributed by atoms with Crippen LogP contribution in [0.2, 0.25) is 0 Å². The maximum Gasteiger partial charge on any atom is 0.387 e. The van der Waals surface area contributed by atoms with Crippen LogP contribution in [0.15, 0.2) is 11.4 Å². The van der Waals surface area contributed by atoms with Crippen LogP contribution < -0.4 is 15.4 Å². The molecule has 7 heteroatoms. The average molecular weight is 332 g/mol. The fourth-order valence-electron chi connectivity index (χ4n) is 2.67. The van der Waals surface area contributed by atoms with Crippen LogP contribution in [0.3, 0.4) is 0 Å². The standard InChI is InChI=1S/C15H22F2N2O2S/c16-15(17)21-12-7-10-22-13(12)14(20)19-9-8-18-11-5-3-1-2-4-6-11/h7,10-11,15,18H,1-6,8-9H2,(H,19,20). The second-order valence-electron chi connectivity index (χ2n) is 5.39. The van der Waals surface area contributed by atoms with E-state index >= 15 is 0 Å². The van der Waals surface area contributed by atoms with Gasteiger partial charge in [-0.2, -0.15) is 8.78 Å². The first-order valence-electron chi connectivity index (χ1n) is 7.70. The zero-order chi connectivity index (χ0) is 15.8. The second kappa shape index (κ2) is 9.05. The number of rotatable bonds is 7. The molecule has 0 bridgehead atoms. The summed E-state index contributed by atoms with van der Waals surface area (Å²) in [4.78, 5) is 12.2. The molecule has 1 aromatic heterocycles. The van der Waals surface area contributed by atoms with Crippen molar-refractivity contribution < 1.29 is 18.3 Å². The maximum atomic E-state index is 12.2. The first-order chi connectivity index (χ1) is 10.7. The molecule has 1 aromatic rings. The minimum absolute atomic E-state index is 0.0609. The number of thiophene rings is 1. The second-order valence-corrected chi connectivity index (χ2v) is 6.31. The molecule has 1 fully saturated rings. The first kappa shape index (κ1) is 17.1. The molecule has 0 aliphatic heterocycles. The maximum absolute atomic E-state index is 12.2. The molecule has 2 N–H and O–H groups in total. The number of halogens is 2. The average Bonchev–Trinajstić information content (AvgIpc) is 2.78. The van der Waals surface area contributed by atoms with Crippen LogP contribution in [0.4, 0.5) is 8.78 Å². The van der Waals surface area contributed by atoms with Crippen molar-refractivity contribution >= 4 is 17.2 Å². The largest absolute Gasteiger partial charge is 0.433 e. The highest BCUT2D eigenvalue weighted by Crippen LogP contribution is 2.26. The number of ether oxygens (including phenoxy) is 1. The normalized spacial score (nSPS) is 16.5. The molecule has 1 amide bonds. The Morgan fingerprint density at radius 3 is 2.68 bits per heavy atom. The summed E-state index contributed by atoms with van der Waals surface area (Å²) >= 11 is 1.10. The van der Waals surface area contributed by atoms with Crippen molar-refractivity contribution in [3.8, 4) is 5.75 Å². The van der Waals surface area contributed by atoms with Gasteiger partial charge >= 0.3 is 6.61 Å². The molecule has 1 aliphatic rings. The van der Waals surface area contributed by atoms with Crippen molar-refractivity contribution in [2.45, 2.75) is 51.2 Å². The predicted octanol–water partition coefficient (Wildman–Crippen LogP) is 3.39. The Morgan fingerprint density at radius 1 is 1.27 bits per heavy atom. The van der Waals surface area contributed by atoms with Gasteiger partial charge in [0.15, 0.2) is 0 Å². The van der Waals surface area contributed by atoms with E-state index < -0.39 is 6.61 Å². The van der Waals surface area contributed by atoms with E-state index in [1.54, 1.807) is 5.38 Å². The summed E-state index contributed by atoms with van der Waals surface area (Å²) in [7, 11) is 0. The molecule has 0 unspecified atom stereocenters. The lowest BCUT2D eigenvalue weighted by molar-refractivity contribution is -0.0498. The van der Waals surface area contributed by atoms with E-state index in [9.17, 15) is 13.6 Å². The van der Waals surface area contributed by atoms with Crippen LogP contribution >= 0.6 is 11.3 Å². The predicted molar refractivity (Wildman–Crippen MR) is 82.8 cm³/mol. The van der Waals surface area contributed by atoms with Gasteiger partial charge in [0.1, 0.15) is 10.6 Å². The number of nitrogens with one attached hydrogen (secondary N) is 2.